The molecule has 4 nitrogen and oxygen atoms in total. The van der Waals surface area contributed by atoms with Crippen LogP contribution >= 0.6 is 0 Å². The molecule has 106 valence electrons. The second-order valence-corrected chi connectivity index (χ2v) is 5.15. The summed E-state index contributed by atoms with van der Waals surface area (Å²) in [5, 5.41) is 8.54. The molecule has 3 aromatic rings. The Morgan fingerprint density at radius 2 is 1.71 bits per heavy atom. The van der Waals surface area contributed by atoms with Crippen LogP contribution in [-0.4, -0.2) is 15.0 Å². The molecule has 0 aliphatic rings. The van der Waals surface area contributed by atoms with Crippen LogP contribution in [0.15, 0.2) is 48.5 Å². The van der Waals surface area contributed by atoms with Crippen molar-refractivity contribution in [1.82, 2.24) is 15.0 Å². The molecule has 1 heterocycles. The summed E-state index contributed by atoms with van der Waals surface area (Å²) >= 11 is 0. The molecule has 0 unspecified atom stereocenters. The topological polar surface area (TPSA) is 56.7 Å². The summed E-state index contributed by atoms with van der Waals surface area (Å²) in [6, 6.07) is 16.5. The van der Waals surface area contributed by atoms with Crippen LogP contribution in [0.25, 0.3) is 16.9 Å². The third-order valence-electron chi connectivity index (χ3n) is 3.60. The molecule has 0 radical (unpaired) electrons. The van der Waals surface area contributed by atoms with E-state index in [-0.39, 0.29) is 0 Å². The summed E-state index contributed by atoms with van der Waals surface area (Å²) in [4.78, 5) is 0. The summed E-state index contributed by atoms with van der Waals surface area (Å²) < 4.78 is 1.88. The van der Waals surface area contributed by atoms with Gasteiger partial charge in [0.1, 0.15) is 5.69 Å². The number of aryl methyl sites for hydroxylation is 2. The van der Waals surface area contributed by atoms with Crippen LogP contribution < -0.4 is 5.73 Å². The Hall–Kier alpha value is -2.46. The van der Waals surface area contributed by atoms with E-state index in [2.05, 4.69) is 54.5 Å². The van der Waals surface area contributed by atoms with Crippen LogP contribution in [0.1, 0.15) is 16.8 Å². The lowest BCUT2D eigenvalue weighted by atomic mass is 10.1. The molecular weight excluding hydrogens is 260 g/mol. The quantitative estimate of drug-likeness (QED) is 0.801. The summed E-state index contributed by atoms with van der Waals surface area (Å²) in [7, 11) is 0. The van der Waals surface area contributed by atoms with E-state index in [1.165, 1.54) is 5.56 Å². The number of aromatic nitrogens is 3. The molecule has 0 spiro atoms. The first kappa shape index (κ1) is 13.5. The van der Waals surface area contributed by atoms with E-state index < -0.39 is 0 Å². The highest BCUT2D eigenvalue weighted by molar-refractivity contribution is 5.65. The average Bonchev–Trinajstić information content (AvgIpc) is 2.92. The van der Waals surface area contributed by atoms with Gasteiger partial charge in [-0.2, -0.15) is 0 Å². The molecule has 0 amide bonds. The first-order valence-corrected chi connectivity index (χ1v) is 6.98. The Morgan fingerprint density at radius 1 is 1.00 bits per heavy atom. The number of hydrogen-bond acceptors (Lipinski definition) is 3. The molecule has 0 atom stereocenters. The maximum absolute atomic E-state index is 5.83. The van der Waals surface area contributed by atoms with Crippen LogP contribution in [-0.2, 0) is 6.54 Å². The largest absolute Gasteiger partial charge is 0.325 e. The highest BCUT2D eigenvalue weighted by atomic mass is 15.4. The molecule has 4 heteroatoms. The van der Waals surface area contributed by atoms with Crippen LogP contribution in [0.5, 0.6) is 0 Å². The molecule has 21 heavy (non-hydrogen) atoms. The van der Waals surface area contributed by atoms with E-state index in [4.69, 9.17) is 5.73 Å². The SMILES string of the molecule is Cc1ccc(-c2c(CN)nnn2-c2ccccc2C)cc1. The lowest BCUT2D eigenvalue weighted by Gasteiger charge is -2.10. The number of benzene rings is 2. The first-order valence-electron chi connectivity index (χ1n) is 6.98. The van der Waals surface area contributed by atoms with Gasteiger partial charge in [-0.25, -0.2) is 4.68 Å². The average molecular weight is 278 g/mol. The van der Waals surface area contributed by atoms with Gasteiger partial charge in [0.2, 0.25) is 0 Å². The fraction of sp³-hybridized carbons (Fsp3) is 0.176. The molecule has 3 rings (SSSR count). The lowest BCUT2D eigenvalue weighted by Crippen LogP contribution is -2.04. The van der Waals surface area contributed by atoms with E-state index >= 15 is 0 Å². The van der Waals surface area contributed by atoms with Gasteiger partial charge < -0.3 is 5.73 Å². The Kier molecular flexibility index (Phi) is 3.54. The number of rotatable bonds is 3. The molecule has 1 aromatic heterocycles. The molecular formula is C17H18N4. The van der Waals surface area contributed by atoms with Crippen LogP contribution in [0.2, 0.25) is 0 Å². The zero-order valence-electron chi connectivity index (χ0n) is 12.2. The van der Waals surface area contributed by atoms with Crippen molar-refractivity contribution in [3.8, 4) is 16.9 Å². The Morgan fingerprint density at radius 3 is 2.38 bits per heavy atom. The second kappa shape index (κ2) is 5.50. The van der Waals surface area contributed by atoms with E-state index in [1.54, 1.807) is 0 Å². The standard InChI is InChI=1S/C17H18N4/c1-12-7-9-14(10-8-12)17-15(11-18)19-20-21(17)16-6-4-3-5-13(16)2/h3-10H,11,18H2,1-2H3. The second-order valence-electron chi connectivity index (χ2n) is 5.15. The highest BCUT2D eigenvalue weighted by Gasteiger charge is 2.16. The van der Waals surface area contributed by atoms with E-state index in [1.807, 2.05) is 22.9 Å². The third kappa shape index (κ3) is 2.45. The fourth-order valence-corrected chi connectivity index (χ4v) is 2.42. The van der Waals surface area contributed by atoms with E-state index in [0.717, 1.165) is 28.2 Å². The van der Waals surface area contributed by atoms with Crippen molar-refractivity contribution in [3.05, 3.63) is 65.4 Å². The van der Waals surface area contributed by atoms with Gasteiger partial charge >= 0.3 is 0 Å². The normalized spacial score (nSPS) is 10.8. The molecule has 0 saturated heterocycles. The lowest BCUT2D eigenvalue weighted by molar-refractivity contribution is 0.796. The Balaban J connectivity index is 2.22. The first-order chi connectivity index (χ1) is 10.2. The summed E-state index contributed by atoms with van der Waals surface area (Å²) in [5.74, 6) is 0. The predicted octanol–water partition coefficient (Wildman–Crippen LogP) is 3.01. The van der Waals surface area contributed by atoms with E-state index in [0.29, 0.717) is 6.54 Å². The van der Waals surface area contributed by atoms with Crippen molar-refractivity contribution in [2.75, 3.05) is 0 Å². The maximum atomic E-state index is 5.83. The van der Waals surface area contributed by atoms with Crippen molar-refractivity contribution in [3.63, 3.8) is 0 Å². The Labute approximate surface area is 124 Å². The minimum Gasteiger partial charge on any atom is -0.325 e. The maximum Gasteiger partial charge on any atom is 0.105 e. The van der Waals surface area contributed by atoms with Gasteiger partial charge in [0.25, 0.3) is 0 Å². The van der Waals surface area contributed by atoms with Gasteiger partial charge in [0.05, 0.1) is 11.4 Å². The fourth-order valence-electron chi connectivity index (χ4n) is 2.42. The van der Waals surface area contributed by atoms with Gasteiger partial charge in [-0.15, -0.1) is 5.10 Å². The third-order valence-corrected chi connectivity index (χ3v) is 3.60. The Bertz CT molecular complexity index is 757. The minimum atomic E-state index is 0.370. The van der Waals surface area contributed by atoms with Gasteiger partial charge in [0, 0.05) is 12.1 Å². The van der Waals surface area contributed by atoms with Gasteiger partial charge in [-0.3, -0.25) is 0 Å². The van der Waals surface area contributed by atoms with Crippen molar-refractivity contribution in [2.45, 2.75) is 20.4 Å². The summed E-state index contributed by atoms with van der Waals surface area (Å²) in [5.41, 5.74) is 12.1. The summed E-state index contributed by atoms with van der Waals surface area (Å²) in [6.07, 6.45) is 0. The van der Waals surface area contributed by atoms with Crippen molar-refractivity contribution < 1.29 is 0 Å². The van der Waals surface area contributed by atoms with Crippen LogP contribution in [0.4, 0.5) is 0 Å². The number of nitrogens with two attached hydrogens (primary N) is 1. The molecule has 0 aliphatic carbocycles. The zero-order chi connectivity index (χ0) is 14.8. The summed E-state index contributed by atoms with van der Waals surface area (Å²) in [6.45, 7) is 4.51. The van der Waals surface area contributed by atoms with Crippen molar-refractivity contribution in [1.29, 1.82) is 0 Å². The smallest absolute Gasteiger partial charge is 0.105 e. The van der Waals surface area contributed by atoms with Gasteiger partial charge in [-0.05, 0) is 25.5 Å². The van der Waals surface area contributed by atoms with Crippen LogP contribution in [0.3, 0.4) is 0 Å². The number of hydrogen-bond donors (Lipinski definition) is 1. The van der Waals surface area contributed by atoms with Crippen molar-refractivity contribution in [2.24, 2.45) is 5.73 Å². The van der Waals surface area contributed by atoms with Crippen LogP contribution in [0, 0.1) is 13.8 Å². The molecule has 0 saturated carbocycles. The molecule has 2 N–H and O–H groups in total. The number of para-hydroxylation sites is 1. The van der Waals surface area contributed by atoms with Gasteiger partial charge in [0.15, 0.2) is 0 Å². The molecule has 0 aliphatic heterocycles. The molecule has 2 aromatic carbocycles. The molecule has 0 bridgehead atoms. The minimum absolute atomic E-state index is 0.370. The highest BCUT2D eigenvalue weighted by Crippen LogP contribution is 2.26. The predicted molar refractivity (Wildman–Crippen MR) is 84.2 cm³/mol. The monoisotopic (exact) mass is 278 g/mol. The molecule has 0 fully saturated rings. The number of nitrogens with zero attached hydrogens (tertiary/aromatic N) is 3. The van der Waals surface area contributed by atoms with Crippen molar-refractivity contribution >= 4 is 0 Å². The van der Waals surface area contributed by atoms with Gasteiger partial charge in [-0.1, -0.05) is 53.2 Å². The van der Waals surface area contributed by atoms with E-state index in [9.17, 15) is 0 Å². The zero-order valence-corrected chi connectivity index (χ0v) is 12.2.